The van der Waals surface area contributed by atoms with Crippen LogP contribution in [0.15, 0.2) is 41.8 Å². The molecule has 0 bridgehead atoms. The van der Waals surface area contributed by atoms with Crippen LogP contribution in [0.25, 0.3) is 6.08 Å². The van der Waals surface area contributed by atoms with Crippen molar-refractivity contribution in [3.05, 3.63) is 58.0 Å². The van der Waals surface area contributed by atoms with Gasteiger partial charge in [0, 0.05) is 11.0 Å². The number of halogens is 1. The minimum Gasteiger partial charge on any atom is -0.494 e. The zero-order valence-corrected chi connectivity index (χ0v) is 12.6. The van der Waals surface area contributed by atoms with Gasteiger partial charge in [0.25, 0.3) is 0 Å². The molecule has 1 atom stereocenters. The van der Waals surface area contributed by atoms with E-state index in [1.54, 1.807) is 36.5 Å². The highest BCUT2D eigenvalue weighted by atomic mass is 32.1. The Morgan fingerprint density at radius 2 is 2.24 bits per heavy atom. The van der Waals surface area contributed by atoms with E-state index in [4.69, 9.17) is 4.74 Å². The van der Waals surface area contributed by atoms with Crippen molar-refractivity contribution in [3.63, 3.8) is 0 Å². The molecule has 0 saturated heterocycles. The van der Waals surface area contributed by atoms with Crippen molar-refractivity contribution in [3.8, 4) is 5.75 Å². The van der Waals surface area contributed by atoms with Gasteiger partial charge in [-0.2, -0.15) is 0 Å². The molecular weight excluding hydrogens is 289 g/mol. The van der Waals surface area contributed by atoms with Gasteiger partial charge in [-0.3, -0.25) is 4.79 Å². The number of amides is 1. The number of ether oxygens (including phenoxy) is 1. The number of benzene rings is 1. The maximum absolute atomic E-state index is 13.6. The number of carbonyl (C=O) groups excluding carboxylic acids is 1. The van der Waals surface area contributed by atoms with E-state index in [0.717, 1.165) is 4.88 Å². The second-order valence-electron chi connectivity index (χ2n) is 4.47. The Labute approximate surface area is 127 Å². The SMILES string of the molecule is COc1ccc([C@H](C)NC(=O)/C=C/c2cccs2)cc1F. The summed E-state index contributed by atoms with van der Waals surface area (Å²) in [5, 5.41) is 4.74. The molecule has 0 aliphatic carbocycles. The lowest BCUT2D eigenvalue weighted by Crippen LogP contribution is -2.24. The molecule has 110 valence electrons. The second-order valence-corrected chi connectivity index (χ2v) is 5.45. The summed E-state index contributed by atoms with van der Waals surface area (Å²) in [6.45, 7) is 1.80. The lowest BCUT2D eigenvalue weighted by atomic mass is 10.1. The van der Waals surface area contributed by atoms with E-state index in [0.29, 0.717) is 5.56 Å². The first-order valence-corrected chi connectivity index (χ1v) is 7.33. The fourth-order valence-corrected chi connectivity index (χ4v) is 2.46. The molecule has 0 saturated carbocycles. The highest BCUT2D eigenvalue weighted by Gasteiger charge is 2.11. The summed E-state index contributed by atoms with van der Waals surface area (Å²) in [5.74, 6) is -0.466. The van der Waals surface area contributed by atoms with Crippen LogP contribution in [0.2, 0.25) is 0 Å². The molecule has 21 heavy (non-hydrogen) atoms. The van der Waals surface area contributed by atoms with Crippen LogP contribution in [-0.4, -0.2) is 13.0 Å². The van der Waals surface area contributed by atoms with E-state index in [1.165, 1.54) is 19.3 Å². The van der Waals surface area contributed by atoms with Gasteiger partial charge in [0.05, 0.1) is 13.2 Å². The van der Waals surface area contributed by atoms with Gasteiger partial charge in [-0.15, -0.1) is 11.3 Å². The fraction of sp³-hybridized carbons (Fsp3) is 0.188. The van der Waals surface area contributed by atoms with E-state index >= 15 is 0 Å². The summed E-state index contributed by atoms with van der Waals surface area (Å²) in [7, 11) is 1.42. The molecule has 1 heterocycles. The standard InChI is InChI=1S/C16H16FNO2S/c1-11(12-5-7-15(20-2)14(17)10-12)18-16(19)8-6-13-4-3-9-21-13/h3-11H,1-2H3,(H,18,19)/b8-6+/t11-/m0/s1. The third-order valence-corrected chi connectivity index (χ3v) is 3.81. The number of hydrogen-bond acceptors (Lipinski definition) is 3. The monoisotopic (exact) mass is 305 g/mol. The minimum absolute atomic E-state index is 0.190. The Kier molecular flexibility index (Phi) is 5.11. The van der Waals surface area contributed by atoms with Crippen LogP contribution in [0, 0.1) is 5.82 Å². The molecule has 3 nitrogen and oxygen atoms in total. The molecule has 5 heteroatoms. The third-order valence-electron chi connectivity index (χ3n) is 2.98. The summed E-state index contributed by atoms with van der Waals surface area (Å²) in [6.07, 6.45) is 3.23. The Hall–Kier alpha value is -2.14. The first-order chi connectivity index (χ1) is 10.1. The third kappa shape index (κ3) is 4.16. The number of rotatable bonds is 5. The quantitative estimate of drug-likeness (QED) is 0.854. The maximum atomic E-state index is 13.6. The van der Waals surface area contributed by atoms with Crippen LogP contribution in [0.4, 0.5) is 4.39 Å². The molecule has 1 aromatic heterocycles. The van der Waals surface area contributed by atoms with Crippen molar-refractivity contribution >= 4 is 23.3 Å². The largest absolute Gasteiger partial charge is 0.494 e. The highest BCUT2D eigenvalue weighted by molar-refractivity contribution is 7.10. The normalized spacial score (nSPS) is 12.3. The van der Waals surface area contributed by atoms with Crippen LogP contribution in [0.1, 0.15) is 23.4 Å². The predicted molar refractivity (Wildman–Crippen MR) is 82.9 cm³/mol. The second kappa shape index (κ2) is 7.04. The van der Waals surface area contributed by atoms with E-state index in [-0.39, 0.29) is 17.7 Å². The number of hydrogen-bond donors (Lipinski definition) is 1. The zero-order chi connectivity index (χ0) is 15.2. The Morgan fingerprint density at radius 1 is 1.43 bits per heavy atom. The average Bonchev–Trinajstić information content (AvgIpc) is 2.98. The van der Waals surface area contributed by atoms with Crippen LogP contribution in [-0.2, 0) is 4.79 Å². The molecule has 0 aliphatic rings. The van der Waals surface area contributed by atoms with Gasteiger partial charge in [-0.25, -0.2) is 4.39 Å². The number of nitrogens with one attached hydrogen (secondary N) is 1. The minimum atomic E-state index is -0.440. The van der Waals surface area contributed by atoms with Crippen LogP contribution >= 0.6 is 11.3 Å². The molecule has 0 unspecified atom stereocenters. The molecule has 0 radical (unpaired) electrons. The van der Waals surface area contributed by atoms with E-state index in [2.05, 4.69) is 5.32 Å². The first kappa shape index (κ1) is 15.3. The summed E-state index contributed by atoms with van der Waals surface area (Å²) in [4.78, 5) is 12.8. The molecule has 0 spiro atoms. The summed E-state index contributed by atoms with van der Waals surface area (Å²) in [6, 6.07) is 8.21. The molecule has 2 rings (SSSR count). The zero-order valence-electron chi connectivity index (χ0n) is 11.8. The Bertz CT molecular complexity index is 638. The molecule has 0 aliphatic heterocycles. The van der Waals surface area contributed by atoms with Crippen LogP contribution < -0.4 is 10.1 Å². The molecule has 1 aromatic carbocycles. The lowest BCUT2D eigenvalue weighted by Gasteiger charge is -2.14. The predicted octanol–water partition coefficient (Wildman–Crippen LogP) is 3.79. The molecule has 1 N–H and O–H groups in total. The van der Waals surface area contributed by atoms with Crippen LogP contribution in [0.3, 0.4) is 0 Å². The molecule has 2 aromatic rings. The van der Waals surface area contributed by atoms with E-state index in [1.807, 2.05) is 17.5 Å². The fourth-order valence-electron chi connectivity index (χ4n) is 1.84. The van der Waals surface area contributed by atoms with Crippen molar-refractivity contribution in [2.24, 2.45) is 0 Å². The topological polar surface area (TPSA) is 38.3 Å². The summed E-state index contributed by atoms with van der Waals surface area (Å²) < 4.78 is 18.5. The van der Waals surface area contributed by atoms with Crippen molar-refractivity contribution in [2.75, 3.05) is 7.11 Å². The molecular formula is C16H16FNO2S. The van der Waals surface area contributed by atoms with Gasteiger partial charge in [0.2, 0.25) is 5.91 Å². The maximum Gasteiger partial charge on any atom is 0.244 e. The van der Waals surface area contributed by atoms with Gasteiger partial charge >= 0.3 is 0 Å². The van der Waals surface area contributed by atoms with Gasteiger partial charge in [-0.05, 0) is 42.1 Å². The van der Waals surface area contributed by atoms with Crippen molar-refractivity contribution < 1.29 is 13.9 Å². The van der Waals surface area contributed by atoms with Crippen molar-refractivity contribution in [1.82, 2.24) is 5.32 Å². The van der Waals surface area contributed by atoms with Gasteiger partial charge in [0.15, 0.2) is 11.6 Å². The Balaban J connectivity index is 1.99. The van der Waals surface area contributed by atoms with Crippen molar-refractivity contribution in [2.45, 2.75) is 13.0 Å². The Morgan fingerprint density at radius 3 is 2.86 bits per heavy atom. The van der Waals surface area contributed by atoms with E-state index < -0.39 is 5.82 Å². The summed E-state index contributed by atoms with van der Waals surface area (Å²) >= 11 is 1.56. The first-order valence-electron chi connectivity index (χ1n) is 6.45. The van der Waals surface area contributed by atoms with Gasteiger partial charge in [-0.1, -0.05) is 12.1 Å². The molecule has 1 amide bonds. The smallest absolute Gasteiger partial charge is 0.244 e. The van der Waals surface area contributed by atoms with E-state index in [9.17, 15) is 9.18 Å². The molecule has 0 fully saturated rings. The van der Waals surface area contributed by atoms with Crippen LogP contribution in [0.5, 0.6) is 5.75 Å². The number of methoxy groups -OCH3 is 1. The van der Waals surface area contributed by atoms with Crippen molar-refractivity contribution in [1.29, 1.82) is 0 Å². The van der Waals surface area contributed by atoms with Gasteiger partial charge < -0.3 is 10.1 Å². The van der Waals surface area contributed by atoms with Gasteiger partial charge in [0.1, 0.15) is 0 Å². The number of carbonyl (C=O) groups is 1. The average molecular weight is 305 g/mol. The summed E-state index contributed by atoms with van der Waals surface area (Å²) in [5.41, 5.74) is 0.686. The lowest BCUT2D eigenvalue weighted by molar-refractivity contribution is -0.117. The number of thiophene rings is 1. The highest BCUT2D eigenvalue weighted by Crippen LogP contribution is 2.21.